The van der Waals surface area contributed by atoms with E-state index in [0.717, 1.165) is 25.7 Å². The van der Waals surface area contributed by atoms with Crippen molar-refractivity contribution in [1.29, 1.82) is 0 Å². The van der Waals surface area contributed by atoms with Crippen LogP contribution in [0.1, 0.15) is 46.5 Å². The van der Waals surface area contributed by atoms with Crippen molar-refractivity contribution in [3.8, 4) is 0 Å². The SMILES string of the molecule is CC.CC(=O)C1CCC(CO)CC1.COC. The number of hydrogen-bond acceptors (Lipinski definition) is 3. The maximum atomic E-state index is 10.9. The van der Waals surface area contributed by atoms with Gasteiger partial charge in [0.05, 0.1) is 0 Å². The van der Waals surface area contributed by atoms with Crippen LogP contribution in [0, 0.1) is 11.8 Å². The Kier molecular flexibility index (Phi) is 14.2. The van der Waals surface area contributed by atoms with E-state index in [1.54, 1.807) is 21.1 Å². The Balaban J connectivity index is 0. The third kappa shape index (κ3) is 8.86. The molecule has 3 heteroatoms. The molecule has 0 aromatic heterocycles. The fraction of sp³-hybridized carbons (Fsp3) is 0.923. The Hall–Kier alpha value is -0.410. The van der Waals surface area contributed by atoms with Gasteiger partial charge in [-0.15, -0.1) is 0 Å². The lowest BCUT2D eigenvalue weighted by molar-refractivity contribution is -0.122. The molecule has 1 fully saturated rings. The zero-order valence-electron chi connectivity index (χ0n) is 11.5. The minimum Gasteiger partial charge on any atom is -0.396 e. The Morgan fingerprint density at radius 3 is 1.81 bits per heavy atom. The molecular weight excluding hydrogens is 204 g/mol. The largest absolute Gasteiger partial charge is 0.396 e. The number of hydrogen-bond donors (Lipinski definition) is 1. The summed E-state index contributed by atoms with van der Waals surface area (Å²) in [6, 6.07) is 0. The summed E-state index contributed by atoms with van der Waals surface area (Å²) in [5.41, 5.74) is 0. The smallest absolute Gasteiger partial charge is 0.132 e. The number of carbonyl (C=O) groups excluding carboxylic acids is 1. The fourth-order valence-corrected chi connectivity index (χ4v) is 1.75. The Labute approximate surface area is 100 Å². The number of methoxy groups -OCH3 is 1. The molecule has 1 rings (SSSR count). The molecule has 0 aromatic rings. The summed E-state index contributed by atoms with van der Waals surface area (Å²) in [6.45, 7) is 5.97. The van der Waals surface area contributed by atoms with Crippen molar-refractivity contribution in [2.24, 2.45) is 11.8 Å². The van der Waals surface area contributed by atoms with Gasteiger partial charge in [-0.05, 0) is 38.5 Å². The normalized spacial score (nSPS) is 23.4. The lowest BCUT2D eigenvalue weighted by Gasteiger charge is -2.25. The number of carbonyl (C=O) groups is 1. The van der Waals surface area contributed by atoms with Gasteiger partial charge in [-0.3, -0.25) is 4.79 Å². The summed E-state index contributed by atoms with van der Waals surface area (Å²) in [5.74, 6) is 1.07. The second-order valence-electron chi connectivity index (χ2n) is 3.92. The third-order valence-corrected chi connectivity index (χ3v) is 2.68. The standard InChI is InChI=1S/C9H16O2.C2H6O.C2H6/c1-7(11)9-4-2-8(6-10)3-5-9;1-3-2;1-2/h8-10H,2-6H2,1H3;1-2H3;1-2H3. The Bertz CT molecular complexity index is 149. The van der Waals surface area contributed by atoms with Gasteiger partial charge in [0.25, 0.3) is 0 Å². The first-order chi connectivity index (χ1) is 7.65. The predicted molar refractivity (Wildman–Crippen MR) is 67.5 cm³/mol. The van der Waals surface area contributed by atoms with E-state index in [2.05, 4.69) is 4.74 Å². The summed E-state index contributed by atoms with van der Waals surface area (Å²) in [6.07, 6.45) is 4.03. The van der Waals surface area contributed by atoms with Gasteiger partial charge in [0.15, 0.2) is 0 Å². The first kappa shape index (κ1) is 18.0. The molecule has 0 saturated heterocycles. The molecule has 0 spiro atoms. The molecule has 0 aliphatic heterocycles. The first-order valence-corrected chi connectivity index (χ1v) is 6.17. The number of aliphatic hydroxyl groups is 1. The molecule has 0 aromatic carbocycles. The summed E-state index contributed by atoms with van der Waals surface area (Å²) in [4.78, 5) is 10.9. The van der Waals surface area contributed by atoms with E-state index >= 15 is 0 Å². The van der Waals surface area contributed by atoms with Gasteiger partial charge >= 0.3 is 0 Å². The van der Waals surface area contributed by atoms with Crippen LogP contribution in [-0.2, 0) is 9.53 Å². The molecule has 1 aliphatic carbocycles. The van der Waals surface area contributed by atoms with Crippen LogP contribution in [0.2, 0.25) is 0 Å². The number of ketones is 1. The van der Waals surface area contributed by atoms with E-state index in [1.165, 1.54) is 0 Å². The van der Waals surface area contributed by atoms with Crippen LogP contribution in [0.15, 0.2) is 0 Å². The van der Waals surface area contributed by atoms with Crippen LogP contribution in [0.4, 0.5) is 0 Å². The highest BCUT2D eigenvalue weighted by Crippen LogP contribution is 2.28. The van der Waals surface area contributed by atoms with Gasteiger partial charge in [0.1, 0.15) is 5.78 Å². The molecule has 0 amide bonds. The molecular formula is C13H28O3. The quantitative estimate of drug-likeness (QED) is 0.796. The first-order valence-electron chi connectivity index (χ1n) is 6.17. The second kappa shape index (κ2) is 12.7. The maximum absolute atomic E-state index is 10.9. The molecule has 1 aliphatic rings. The minimum atomic E-state index is 0.290. The monoisotopic (exact) mass is 232 g/mol. The average molecular weight is 232 g/mol. The average Bonchev–Trinajstić information content (AvgIpc) is 2.33. The molecule has 1 N–H and O–H groups in total. The van der Waals surface area contributed by atoms with Gasteiger partial charge in [-0.25, -0.2) is 0 Å². The van der Waals surface area contributed by atoms with Crippen LogP contribution in [-0.4, -0.2) is 31.7 Å². The zero-order chi connectivity index (χ0) is 13.0. The molecule has 16 heavy (non-hydrogen) atoms. The van der Waals surface area contributed by atoms with Gasteiger partial charge in [0, 0.05) is 26.7 Å². The summed E-state index contributed by atoms with van der Waals surface area (Å²) in [7, 11) is 3.25. The van der Waals surface area contributed by atoms with E-state index < -0.39 is 0 Å². The number of rotatable bonds is 2. The number of aliphatic hydroxyl groups excluding tert-OH is 1. The number of ether oxygens (including phenoxy) is 1. The highest BCUT2D eigenvalue weighted by molar-refractivity contribution is 5.78. The summed E-state index contributed by atoms with van der Waals surface area (Å²) in [5, 5.41) is 8.83. The van der Waals surface area contributed by atoms with Crippen molar-refractivity contribution < 1.29 is 14.6 Å². The van der Waals surface area contributed by atoms with E-state index in [1.807, 2.05) is 13.8 Å². The van der Waals surface area contributed by atoms with E-state index in [4.69, 9.17) is 5.11 Å². The highest BCUT2D eigenvalue weighted by Gasteiger charge is 2.22. The molecule has 1 saturated carbocycles. The topological polar surface area (TPSA) is 46.5 Å². The van der Waals surface area contributed by atoms with Crippen LogP contribution in [0.25, 0.3) is 0 Å². The predicted octanol–water partition coefficient (Wildman–Crippen LogP) is 2.66. The lowest BCUT2D eigenvalue weighted by Crippen LogP contribution is -2.21. The second-order valence-corrected chi connectivity index (χ2v) is 3.92. The van der Waals surface area contributed by atoms with Crippen molar-refractivity contribution in [3.63, 3.8) is 0 Å². The Morgan fingerprint density at radius 1 is 1.19 bits per heavy atom. The fourth-order valence-electron chi connectivity index (χ4n) is 1.75. The van der Waals surface area contributed by atoms with Gasteiger partial charge in [-0.2, -0.15) is 0 Å². The van der Waals surface area contributed by atoms with Gasteiger partial charge in [-0.1, -0.05) is 13.8 Å². The summed E-state index contributed by atoms with van der Waals surface area (Å²) < 4.78 is 4.25. The van der Waals surface area contributed by atoms with Gasteiger partial charge < -0.3 is 9.84 Å². The van der Waals surface area contributed by atoms with Gasteiger partial charge in [0.2, 0.25) is 0 Å². The van der Waals surface area contributed by atoms with Crippen LogP contribution < -0.4 is 0 Å². The number of Topliss-reactive ketones (excluding diaryl/α,β-unsaturated/α-hetero) is 1. The lowest BCUT2D eigenvalue weighted by atomic mass is 9.81. The molecule has 0 unspecified atom stereocenters. The van der Waals surface area contributed by atoms with Crippen molar-refractivity contribution in [2.45, 2.75) is 46.5 Å². The molecule has 0 heterocycles. The minimum absolute atomic E-state index is 0.290. The van der Waals surface area contributed by atoms with E-state index in [9.17, 15) is 4.79 Å². The highest BCUT2D eigenvalue weighted by atomic mass is 16.4. The molecule has 0 bridgehead atoms. The molecule has 98 valence electrons. The zero-order valence-corrected chi connectivity index (χ0v) is 11.5. The molecule has 0 radical (unpaired) electrons. The van der Waals surface area contributed by atoms with Crippen LogP contribution in [0.5, 0.6) is 0 Å². The van der Waals surface area contributed by atoms with E-state index in [-0.39, 0.29) is 5.92 Å². The van der Waals surface area contributed by atoms with Crippen molar-refractivity contribution in [2.75, 3.05) is 20.8 Å². The van der Waals surface area contributed by atoms with Crippen molar-refractivity contribution >= 4 is 5.78 Å². The summed E-state index contributed by atoms with van der Waals surface area (Å²) >= 11 is 0. The van der Waals surface area contributed by atoms with Crippen molar-refractivity contribution in [3.05, 3.63) is 0 Å². The van der Waals surface area contributed by atoms with E-state index in [0.29, 0.717) is 18.3 Å². The molecule has 0 atom stereocenters. The van der Waals surface area contributed by atoms with Crippen LogP contribution in [0.3, 0.4) is 0 Å². The maximum Gasteiger partial charge on any atom is 0.132 e. The molecule has 3 nitrogen and oxygen atoms in total. The third-order valence-electron chi connectivity index (χ3n) is 2.68. The Morgan fingerprint density at radius 2 is 1.56 bits per heavy atom. The van der Waals surface area contributed by atoms with Crippen LogP contribution >= 0.6 is 0 Å². The van der Waals surface area contributed by atoms with Crippen molar-refractivity contribution in [1.82, 2.24) is 0 Å².